The van der Waals surface area contributed by atoms with Gasteiger partial charge in [0.2, 0.25) is 0 Å². The largest absolute Gasteiger partial charge is 0.443 e. The van der Waals surface area contributed by atoms with Crippen LogP contribution in [0.4, 0.5) is 10.6 Å². The van der Waals surface area contributed by atoms with Gasteiger partial charge in [0, 0.05) is 31.1 Å². The molecule has 0 atom stereocenters. The molecule has 1 aromatic carbocycles. The third kappa shape index (κ3) is 4.98. The van der Waals surface area contributed by atoms with Crippen LogP contribution in [-0.4, -0.2) is 35.8 Å². The number of imidazole rings is 1. The Morgan fingerprint density at radius 3 is 2.70 bits per heavy atom. The number of halogens is 2. The monoisotopic (exact) mass is 578 g/mol. The second-order valence-corrected chi connectivity index (χ2v) is 10.2. The standard InChI is InChI=1S/C23H24ClIN6O2/c1-14-19(25)21-27-17(24)12-18(31(21)28-14)30(22(32)33-23(2,3)4)13-15-7-6-8-16(11-15)20-26-9-10-29(20)5/h6-12H,13H2,1-5H3. The van der Waals surface area contributed by atoms with Crippen LogP contribution in [0.25, 0.3) is 17.0 Å². The Labute approximate surface area is 210 Å². The lowest BCUT2D eigenvalue weighted by Gasteiger charge is -2.28. The minimum Gasteiger partial charge on any atom is -0.443 e. The molecule has 0 saturated carbocycles. The fourth-order valence-electron chi connectivity index (χ4n) is 3.44. The highest BCUT2D eigenvalue weighted by Gasteiger charge is 2.27. The number of hydrogen-bond acceptors (Lipinski definition) is 5. The van der Waals surface area contributed by atoms with Crippen molar-refractivity contribution in [2.75, 3.05) is 4.90 Å². The Hall–Kier alpha value is -2.66. The van der Waals surface area contributed by atoms with E-state index in [1.807, 2.05) is 69.8 Å². The van der Waals surface area contributed by atoms with E-state index in [1.165, 1.54) is 4.90 Å². The third-order valence-corrected chi connectivity index (χ3v) is 6.34. The van der Waals surface area contributed by atoms with Gasteiger partial charge in [-0.15, -0.1) is 0 Å². The van der Waals surface area contributed by atoms with Crippen molar-refractivity contribution >= 4 is 51.8 Å². The number of ether oxygens (including phenoxy) is 1. The van der Waals surface area contributed by atoms with Crippen molar-refractivity contribution in [2.24, 2.45) is 7.05 Å². The second-order valence-electron chi connectivity index (χ2n) is 8.70. The number of amides is 1. The van der Waals surface area contributed by atoms with Crippen LogP contribution in [-0.2, 0) is 18.3 Å². The molecule has 0 unspecified atom stereocenters. The van der Waals surface area contributed by atoms with Crippen LogP contribution >= 0.6 is 34.2 Å². The van der Waals surface area contributed by atoms with Gasteiger partial charge in [-0.25, -0.2) is 14.8 Å². The first kappa shape index (κ1) is 23.5. The molecular formula is C23H24ClIN6O2. The fourth-order valence-corrected chi connectivity index (χ4v) is 4.07. The van der Waals surface area contributed by atoms with E-state index < -0.39 is 11.7 Å². The van der Waals surface area contributed by atoms with E-state index in [0.717, 1.165) is 26.2 Å². The molecular weight excluding hydrogens is 555 g/mol. The summed E-state index contributed by atoms with van der Waals surface area (Å²) in [5.41, 5.74) is 2.57. The maximum atomic E-state index is 13.4. The summed E-state index contributed by atoms with van der Waals surface area (Å²) in [7, 11) is 1.94. The highest BCUT2D eigenvalue weighted by atomic mass is 127. The smallest absolute Gasteiger partial charge is 0.416 e. The van der Waals surface area contributed by atoms with Crippen LogP contribution in [0.5, 0.6) is 0 Å². The molecule has 0 aliphatic carbocycles. The Bertz CT molecular complexity index is 1340. The Morgan fingerprint density at radius 1 is 1.27 bits per heavy atom. The van der Waals surface area contributed by atoms with Crippen LogP contribution in [0, 0.1) is 10.5 Å². The zero-order valence-electron chi connectivity index (χ0n) is 19.0. The van der Waals surface area contributed by atoms with Crippen molar-refractivity contribution < 1.29 is 9.53 Å². The van der Waals surface area contributed by atoms with Gasteiger partial charge in [0.25, 0.3) is 0 Å². The predicted octanol–water partition coefficient (Wildman–Crippen LogP) is 5.64. The number of anilines is 1. The molecule has 0 aliphatic heterocycles. The number of aryl methyl sites for hydroxylation is 2. The molecule has 0 N–H and O–H groups in total. The zero-order chi connectivity index (χ0) is 23.9. The molecule has 1 amide bonds. The molecule has 0 bridgehead atoms. The van der Waals surface area contributed by atoms with Gasteiger partial charge in [-0.1, -0.05) is 29.8 Å². The molecule has 172 valence electrons. The van der Waals surface area contributed by atoms with E-state index in [-0.39, 0.29) is 11.7 Å². The molecule has 33 heavy (non-hydrogen) atoms. The Balaban J connectivity index is 1.81. The quantitative estimate of drug-likeness (QED) is 0.231. The average Bonchev–Trinajstić information content (AvgIpc) is 3.28. The molecule has 10 heteroatoms. The van der Waals surface area contributed by atoms with Gasteiger partial charge in [0.15, 0.2) is 5.65 Å². The van der Waals surface area contributed by atoms with Crippen LogP contribution in [0.15, 0.2) is 42.7 Å². The first-order valence-electron chi connectivity index (χ1n) is 10.3. The van der Waals surface area contributed by atoms with Gasteiger partial charge in [0.1, 0.15) is 22.4 Å². The number of hydrogen-bond donors (Lipinski definition) is 0. The van der Waals surface area contributed by atoms with Crippen molar-refractivity contribution in [3.05, 3.63) is 62.7 Å². The van der Waals surface area contributed by atoms with Crippen LogP contribution in [0.3, 0.4) is 0 Å². The number of fused-ring (bicyclic) bond motifs is 1. The van der Waals surface area contributed by atoms with Crippen LogP contribution in [0.1, 0.15) is 32.0 Å². The molecule has 0 saturated heterocycles. The summed E-state index contributed by atoms with van der Waals surface area (Å²) in [5, 5.41) is 4.86. The van der Waals surface area contributed by atoms with Gasteiger partial charge < -0.3 is 9.30 Å². The van der Waals surface area contributed by atoms with Crippen LogP contribution in [0.2, 0.25) is 5.15 Å². The summed E-state index contributed by atoms with van der Waals surface area (Å²) < 4.78 is 10.2. The molecule has 8 nitrogen and oxygen atoms in total. The van der Waals surface area contributed by atoms with Gasteiger partial charge >= 0.3 is 6.09 Å². The van der Waals surface area contributed by atoms with E-state index in [2.05, 4.69) is 37.7 Å². The van der Waals surface area contributed by atoms with E-state index in [0.29, 0.717) is 11.5 Å². The van der Waals surface area contributed by atoms with E-state index in [1.54, 1.807) is 16.8 Å². The van der Waals surface area contributed by atoms with Gasteiger partial charge in [-0.2, -0.15) is 9.61 Å². The summed E-state index contributed by atoms with van der Waals surface area (Å²) in [6.07, 6.45) is 3.15. The number of benzene rings is 1. The van der Waals surface area contributed by atoms with Gasteiger partial charge in [-0.3, -0.25) is 4.90 Å². The maximum absolute atomic E-state index is 13.4. The Morgan fingerprint density at radius 2 is 2.03 bits per heavy atom. The number of nitrogens with zero attached hydrogens (tertiary/aromatic N) is 6. The Kier molecular flexibility index (Phi) is 6.37. The van der Waals surface area contributed by atoms with E-state index in [4.69, 9.17) is 16.3 Å². The molecule has 4 rings (SSSR count). The summed E-state index contributed by atoms with van der Waals surface area (Å²) in [4.78, 5) is 23.7. The predicted molar refractivity (Wildman–Crippen MR) is 137 cm³/mol. The van der Waals surface area contributed by atoms with Crippen molar-refractivity contribution in [3.63, 3.8) is 0 Å². The number of carbonyl (C=O) groups excluding carboxylic acids is 1. The van der Waals surface area contributed by atoms with Gasteiger partial charge in [0.05, 0.1) is 15.8 Å². The maximum Gasteiger partial charge on any atom is 0.416 e. The third-order valence-electron chi connectivity index (χ3n) is 4.88. The number of rotatable bonds is 4. The van der Waals surface area contributed by atoms with Gasteiger partial charge in [-0.05, 0) is 61.9 Å². The minimum atomic E-state index is -0.672. The van der Waals surface area contributed by atoms with Crippen molar-refractivity contribution in [1.29, 1.82) is 0 Å². The topological polar surface area (TPSA) is 77.5 Å². The zero-order valence-corrected chi connectivity index (χ0v) is 21.9. The average molecular weight is 579 g/mol. The first-order chi connectivity index (χ1) is 15.5. The SMILES string of the molecule is Cc1nn2c(N(Cc3cccc(-c4nccn4C)c3)C(=O)OC(C)(C)C)cc(Cl)nc2c1I. The van der Waals surface area contributed by atoms with Crippen molar-refractivity contribution in [1.82, 2.24) is 24.1 Å². The van der Waals surface area contributed by atoms with Crippen molar-refractivity contribution in [2.45, 2.75) is 39.8 Å². The fraction of sp³-hybridized carbons (Fsp3) is 0.304. The molecule has 3 heterocycles. The number of carbonyl (C=O) groups is 1. The lowest BCUT2D eigenvalue weighted by atomic mass is 10.1. The lowest BCUT2D eigenvalue weighted by Crippen LogP contribution is -2.37. The summed E-state index contributed by atoms with van der Waals surface area (Å²) >= 11 is 8.54. The van der Waals surface area contributed by atoms with Crippen molar-refractivity contribution in [3.8, 4) is 11.4 Å². The molecule has 0 aliphatic rings. The lowest BCUT2D eigenvalue weighted by molar-refractivity contribution is 0.0575. The van der Waals surface area contributed by atoms with Crippen LogP contribution < -0.4 is 4.90 Å². The van der Waals surface area contributed by atoms with E-state index >= 15 is 0 Å². The summed E-state index contributed by atoms with van der Waals surface area (Å²) in [6.45, 7) is 7.64. The highest BCUT2D eigenvalue weighted by molar-refractivity contribution is 14.1. The molecule has 0 spiro atoms. The molecule has 3 aromatic heterocycles. The number of aromatic nitrogens is 5. The first-order valence-corrected chi connectivity index (χ1v) is 11.8. The highest BCUT2D eigenvalue weighted by Crippen LogP contribution is 2.28. The molecule has 0 radical (unpaired) electrons. The second kappa shape index (κ2) is 8.94. The summed E-state index contributed by atoms with van der Waals surface area (Å²) in [5.74, 6) is 1.32. The summed E-state index contributed by atoms with van der Waals surface area (Å²) in [6, 6.07) is 9.54. The van der Waals surface area contributed by atoms with E-state index in [9.17, 15) is 4.79 Å². The minimum absolute atomic E-state index is 0.248. The normalized spacial score (nSPS) is 11.7. The molecule has 4 aromatic rings. The molecule has 0 fully saturated rings.